The van der Waals surface area contributed by atoms with Gasteiger partial charge in [0.2, 0.25) is 5.91 Å². The van der Waals surface area contributed by atoms with E-state index in [0.29, 0.717) is 24.9 Å². The number of carbonyl (C=O) groups excluding carboxylic acids is 3. The highest BCUT2D eigenvalue weighted by molar-refractivity contribution is 5.91. The van der Waals surface area contributed by atoms with Crippen molar-refractivity contribution in [3.8, 4) is 0 Å². The summed E-state index contributed by atoms with van der Waals surface area (Å²) in [6.45, 7) is 0.520. The monoisotopic (exact) mass is 421 g/mol. The van der Waals surface area contributed by atoms with E-state index in [4.69, 9.17) is 0 Å². The van der Waals surface area contributed by atoms with Gasteiger partial charge in [0.1, 0.15) is 12.1 Å². The molecule has 2 saturated heterocycles. The van der Waals surface area contributed by atoms with Crippen molar-refractivity contribution in [2.24, 2.45) is 0 Å². The second-order valence-corrected chi connectivity index (χ2v) is 7.88. The summed E-state index contributed by atoms with van der Waals surface area (Å²) in [5.41, 5.74) is 13.0. The number of amides is 3. The highest BCUT2D eigenvalue weighted by Gasteiger charge is 2.34. The van der Waals surface area contributed by atoms with Gasteiger partial charge >= 0.3 is 0 Å². The average molecular weight is 422 g/mol. The second kappa shape index (κ2) is 9.72. The summed E-state index contributed by atoms with van der Waals surface area (Å²) in [6, 6.07) is 17.8. The SMILES string of the molecule is O=C(NNC(=O)C(c1ccccc1)N1CCCCC1=O)C1CC(c2ccccc2)NN1. The molecule has 8 nitrogen and oxygen atoms in total. The zero-order valence-electron chi connectivity index (χ0n) is 17.2. The molecule has 4 rings (SSSR count). The molecule has 31 heavy (non-hydrogen) atoms. The lowest BCUT2D eigenvalue weighted by Gasteiger charge is -2.34. The van der Waals surface area contributed by atoms with Crippen molar-refractivity contribution in [3.05, 3.63) is 71.8 Å². The fourth-order valence-electron chi connectivity index (χ4n) is 4.12. The number of benzene rings is 2. The average Bonchev–Trinajstić information content (AvgIpc) is 3.31. The lowest BCUT2D eigenvalue weighted by atomic mass is 10.0. The normalized spacial score (nSPS) is 22.1. The highest BCUT2D eigenvalue weighted by Crippen LogP contribution is 2.26. The molecule has 162 valence electrons. The molecule has 0 aliphatic carbocycles. The molecule has 2 heterocycles. The first-order chi connectivity index (χ1) is 15.1. The van der Waals surface area contributed by atoms with Crippen LogP contribution >= 0.6 is 0 Å². The number of hydrogen-bond acceptors (Lipinski definition) is 5. The molecule has 0 spiro atoms. The zero-order valence-corrected chi connectivity index (χ0v) is 17.2. The molecular formula is C23H27N5O3. The van der Waals surface area contributed by atoms with E-state index >= 15 is 0 Å². The molecule has 0 saturated carbocycles. The molecule has 4 N–H and O–H groups in total. The molecule has 0 aromatic heterocycles. The van der Waals surface area contributed by atoms with Crippen molar-refractivity contribution >= 4 is 17.7 Å². The van der Waals surface area contributed by atoms with Crippen LogP contribution in [0.4, 0.5) is 0 Å². The first-order valence-electron chi connectivity index (χ1n) is 10.6. The van der Waals surface area contributed by atoms with Gasteiger partial charge in [-0.25, -0.2) is 10.9 Å². The maximum atomic E-state index is 13.0. The quantitative estimate of drug-likeness (QED) is 0.548. The van der Waals surface area contributed by atoms with Crippen LogP contribution in [-0.2, 0) is 14.4 Å². The molecule has 0 bridgehead atoms. The van der Waals surface area contributed by atoms with Gasteiger partial charge in [0.05, 0.1) is 0 Å². The zero-order chi connectivity index (χ0) is 21.6. The number of nitrogens with zero attached hydrogens (tertiary/aromatic N) is 1. The van der Waals surface area contributed by atoms with Crippen molar-refractivity contribution in [2.45, 2.75) is 43.8 Å². The van der Waals surface area contributed by atoms with E-state index in [9.17, 15) is 14.4 Å². The van der Waals surface area contributed by atoms with Crippen molar-refractivity contribution in [2.75, 3.05) is 6.54 Å². The van der Waals surface area contributed by atoms with Gasteiger partial charge in [-0.3, -0.25) is 25.2 Å². The lowest BCUT2D eigenvalue weighted by molar-refractivity contribution is -0.143. The molecule has 8 heteroatoms. The van der Waals surface area contributed by atoms with Crippen LogP contribution in [0.2, 0.25) is 0 Å². The highest BCUT2D eigenvalue weighted by atomic mass is 16.2. The van der Waals surface area contributed by atoms with Crippen LogP contribution in [0.3, 0.4) is 0 Å². The number of hydrogen-bond donors (Lipinski definition) is 4. The first-order valence-corrected chi connectivity index (χ1v) is 10.6. The van der Waals surface area contributed by atoms with Crippen LogP contribution in [0.15, 0.2) is 60.7 Å². The Hall–Kier alpha value is -3.23. The van der Waals surface area contributed by atoms with Crippen LogP contribution in [0.1, 0.15) is 48.9 Å². The topological polar surface area (TPSA) is 103 Å². The number of piperidine rings is 1. The Morgan fingerprint density at radius 3 is 2.35 bits per heavy atom. The minimum Gasteiger partial charge on any atom is -0.326 e. The molecule has 2 aromatic rings. The Kier molecular flexibility index (Phi) is 6.59. The third-order valence-electron chi connectivity index (χ3n) is 5.77. The fraction of sp³-hybridized carbons (Fsp3) is 0.348. The first kappa shape index (κ1) is 21.0. The summed E-state index contributed by atoms with van der Waals surface area (Å²) < 4.78 is 0. The van der Waals surface area contributed by atoms with E-state index in [-0.39, 0.29) is 17.9 Å². The van der Waals surface area contributed by atoms with Crippen molar-refractivity contribution in [1.29, 1.82) is 0 Å². The molecule has 0 radical (unpaired) electrons. The molecule has 3 amide bonds. The fourth-order valence-corrected chi connectivity index (χ4v) is 4.12. The van der Waals surface area contributed by atoms with Gasteiger partial charge in [-0.1, -0.05) is 60.7 Å². The van der Waals surface area contributed by atoms with Crippen LogP contribution in [0.5, 0.6) is 0 Å². The number of nitrogens with one attached hydrogen (secondary N) is 4. The Bertz CT molecular complexity index is 921. The summed E-state index contributed by atoms with van der Waals surface area (Å²) in [5.74, 6) is -0.814. The van der Waals surface area contributed by atoms with Crippen LogP contribution in [0, 0.1) is 0 Å². The van der Waals surface area contributed by atoms with E-state index in [1.807, 2.05) is 60.7 Å². The van der Waals surface area contributed by atoms with Gasteiger partial charge in [0, 0.05) is 19.0 Å². The molecule has 2 aliphatic heterocycles. The summed E-state index contributed by atoms with van der Waals surface area (Å²) in [4.78, 5) is 39.7. The van der Waals surface area contributed by atoms with Gasteiger partial charge in [-0.15, -0.1) is 0 Å². The van der Waals surface area contributed by atoms with E-state index in [0.717, 1.165) is 18.4 Å². The van der Waals surface area contributed by atoms with Gasteiger partial charge in [0.15, 0.2) is 0 Å². The predicted molar refractivity (Wildman–Crippen MR) is 115 cm³/mol. The Morgan fingerprint density at radius 1 is 0.935 bits per heavy atom. The molecule has 2 fully saturated rings. The molecule has 3 unspecified atom stereocenters. The molecule has 2 aromatic carbocycles. The van der Waals surface area contributed by atoms with Crippen molar-refractivity contribution in [3.63, 3.8) is 0 Å². The molecular weight excluding hydrogens is 394 g/mol. The van der Waals surface area contributed by atoms with Crippen molar-refractivity contribution in [1.82, 2.24) is 26.6 Å². The standard InChI is InChI=1S/C23H27N5O3/c29-20-13-7-8-14-28(20)21(17-11-5-2-6-12-17)23(31)27-26-22(30)19-15-18(24-25-19)16-9-3-1-4-10-16/h1-6,9-12,18-19,21,24-25H,7-8,13-15H2,(H,26,30)(H,27,31). The summed E-state index contributed by atoms with van der Waals surface area (Å²) in [6.07, 6.45) is 2.67. The third-order valence-corrected chi connectivity index (χ3v) is 5.77. The van der Waals surface area contributed by atoms with Gasteiger partial charge in [-0.05, 0) is 30.4 Å². The molecule has 2 aliphatic rings. The van der Waals surface area contributed by atoms with E-state index in [1.54, 1.807) is 4.90 Å². The maximum absolute atomic E-state index is 13.0. The third kappa shape index (κ3) is 4.92. The lowest BCUT2D eigenvalue weighted by Crippen LogP contribution is -2.54. The van der Waals surface area contributed by atoms with E-state index in [2.05, 4.69) is 21.7 Å². The number of rotatable bonds is 5. The second-order valence-electron chi connectivity index (χ2n) is 7.88. The summed E-state index contributed by atoms with van der Waals surface area (Å²) >= 11 is 0. The minimum absolute atomic E-state index is 0.00990. The Balaban J connectivity index is 1.38. The Labute approximate surface area is 181 Å². The minimum atomic E-state index is -0.777. The van der Waals surface area contributed by atoms with Crippen LogP contribution in [-0.4, -0.2) is 35.2 Å². The van der Waals surface area contributed by atoms with Gasteiger partial charge < -0.3 is 4.90 Å². The van der Waals surface area contributed by atoms with Gasteiger partial charge in [0.25, 0.3) is 11.8 Å². The summed E-state index contributed by atoms with van der Waals surface area (Å²) in [7, 11) is 0. The molecule has 3 atom stereocenters. The van der Waals surface area contributed by atoms with Crippen LogP contribution < -0.4 is 21.7 Å². The number of likely N-dealkylation sites (tertiary alicyclic amines) is 1. The largest absolute Gasteiger partial charge is 0.326 e. The number of hydrazine groups is 2. The smallest absolute Gasteiger partial charge is 0.265 e. The number of carbonyl (C=O) groups is 3. The van der Waals surface area contributed by atoms with Crippen molar-refractivity contribution < 1.29 is 14.4 Å². The predicted octanol–water partition coefficient (Wildman–Crippen LogP) is 1.50. The summed E-state index contributed by atoms with van der Waals surface area (Å²) in [5, 5.41) is 0. The van der Waals surface area contributed by atoms with E-state index < -0.39 is 18.0 Å². The van der Waals surface area contributed by atoms with Crippen LogP contribution in [0.25, 0.3) is 0 Å². The van der Waals surface area contributed by atoms with Gasteiger partial charge in [-0.2, -0.15) is 0 Å². The van der Waals surface area contributed by atoms with E-state index in [1.165, 1.54) is 0 Å². The Morgan fingerprint density at radius 2 is 1.65 bits per heavy atom. The maximum Gasteiger partial charge on any atom is 0.265 e.